The predicted molar refractivity (Wildman–Crippen MR) is 105 cm³/mol. The fourth-order valence-electron chi connectivity index (χ4n) is 3.08. The lowest BCUT2D eigenvalue weighted by Crippen LogP contribution is -2.31. The van der Waals surface area contributed by atoms with Gasteiger partial charge in [-0.1, -0.05) is 29.4 Å². The number of nitrogens with one attached hydrogen (secondary N) is 1. The highest BCUT2D eigenvalue weighted by Crippen LogP contribution is 2.36. The van der Waals surface area contributed by atoms with Gasteiger partial charge >= 0.3 is 0 Å². The first kappa shape index (κ1) is 18.1. The molecule has 2 heterocycles. The van der Waals surface area contributed by atoms with Crippen LogP contribution in [0.25, 0.3) is 11.3 Å². The first-order valence-electron chi connectivity index (χ1n) is 8.62. The number of aryl methyl sites for hydroxylation is 1. The van der Waals surface area contributed by atoms with Crippen molar-refractivity contribution in [1.82, 2.24) is 15.1 Å². The van der Waals surface area contributed by atoms with Gasteiger partial charge in [-0.3, -0.25) is 9.48 Å². The zero-order valence-corrected chi connectivity index (χ0v) is 16.0. The van der Waals surface area contributed by atoms with Gasteiger partial charge in [-0.05, 0) is 48.4 Å². The summed E-state index contributed by atoms with van der Waals surface area (Å²) in [6, 6.07) is 13.3. The van der Waals surface area contributed by atoms with Crippen LogP contribution in [0.3, 0.4) is 0 Å². The molecule has 0 unspecified atom stereocenters. The quantitative estimate of drug-likeness (QED) is 0.679. The molecule has 1 amide bonds. The smallest absolute Gasteiger partial charge is 0.251 e. The summed E-state index contributed by atoms with van der Waals surface area (Å²) in [5.74, 6) is -0.0403. The molecule has 0 spiro atoms. The standard InChI is InChI=1S/C20H17ClFN3OS/c21-15-2-4-16(5-3-15)27-18-12-25(10-8-22)24-19(18)14-1-6-17-13(11-14)7-9-23-20(17)26/h1-6,11-12H,7-10H2,(H,23,26). The topological polar surface area (TPSA) is 46.9 Å². The molecule has 3 aromatic rings. The van der Waals surface area contributed by atoms with E-state index in [4.69, 9.17) is 11.6 Å². The Morgan fingerprint density at radius 2 is 2.04 bits per heavy atom. The van der Waals surface area contributed by atoms with Gasteiger partial charge in [0.15, 0.2) is 0 Å². The van der Waals surface area contributed by atoms with Gasteiger partial charge in [0, 0.05) is 33.8 Å². The second-order valence-corrected chi connectivity index (χ2v) is 7.78. The number of carbonyl (C=O) groups excluding carboxylic acids is 1. The van der Waals surface area contributed by atoms with E-state index in [1.807, 2.05) is 48.7 Å². The van der Waals surface area contributed by atoms with E-state index in [1.165, 1.54) is 0 Å². The number of nitrogens with zero attached hydrogens (tertiary/aromatic N) is 2. The monoisotopic (exact) mass is 401 g/mol. The summed E-state index contributed by atoms with van der Waals surface area (Å²) >= 11 is 7.53. The molecule has 0 saturated heterocycles. The van der Waals surface area contributed by atoms with Gasteiger partial charge in [0.1, 0.15) is 12.4 Å². The molecule has 1 aliphatic heterocycles. The van der Waals surface area contributed by atoms with Gasteiger partial charge < -0.3 is 5.32 Å². The van der Waals surface area contributed by atoms with E-state index in [0.29, 0.717) is 17.1 Å². The second kappa shape index (κ2) is 7.74. The number of benzene rings is 2. The van der Waals surface area contributed by atoms with Crippen molar-refractivity contribution in [3.63, 3.8) is 0 Å². The zero-order chi connectivity index (χ0) is 18.8. The Morgan fingerprint density at radius 1 is 1.22 bits per heavy atom. The minimum atomic E-state index is -0.476. The molecule has 4 rings (SSSR count). The lowest BCUT2D eigenvalue weighted by Gasteiger charge is -2.17. The van der Waals surface area contributed by atoms with E-state index in [-0.39, 0.29) is 12.5 Å². The van der Waals surface area contributed by atoms with Crippen LogP contribution in [0.5, 0.6) is 0 Å². The number of fused-ring (bicyclic) bond motifs is 1. The third-order valence-corrected chi connectivity index (χ3v) is 5.66. The van der Waals surface area contributed by atoms with Crippen molar-refractivity contribution >= 4 is 29.3 Å². The number of alkyl halides is 1. The Balaban J connectivity index is 1.72. The van der Waals surface area contributed by atoms with Gasteiger partial charge in [0.05, 0.1) is 11.4 Å². The van der Waals surface area contributed by atoms with Crippen molar-refractivity contribution in [2.24, 2.45) is 0 Å². The lowest BCUT2D eigenvalue weighted by molar-refractivity contribution is 0.0946. The summed E-state index contributed by atoms with van der Waals surface area (Å²) in [4.78, 5) is 13.9. The van der Waals surface area contributed by atoms with Crippen molar-refractivity contribution in [3.8, 4) is 11.3 Å². The van der Waals surface area contributed by atoms with Crippen LogP contribution in [0.2, 0.25) is 5.02 Å². The molecule has 138 valence electrons. The molecule has 1 aliphatic rings. The highest BCUT2D eigenvalue weighted by atomic mass is 35.5. The van der Waals surface area contributed by atoms with Gasteiger partial charge in [-0.15, -0.1) is 0 Å². The predicted octanol–water partition coefficient (Wildman–Crippen LogP) is 4.61. The van der Waals surface area contributed by atoms with Crippen molar-refractivity contribution in [3.05, 3.63) is 64.8 Å². The summed E-state index contributed by atoms with van der Waals surface area (Å²) in [5.41, 5.74) is 3.44. The maximum absolute atomic E-state index is 12.8. The van der Waals surface area contributed by atoms with Crippen LogP contribution < -0.4 is 5.32 Å². The van der Waals surface area contributed by atoms with Crippen LogP contribution in [0, 0.1) is 0 Å². The van der Waals surface area contributed by atoms with E-state index in [1.54, 1.807) is 16.4 Å². The molecule has 1 aromatic heterocycles. The number of halogens is 2. The van der Waals surface area contributed by atoms with Gasteiger partial charge in [0.2, 0.25) is 0 Å². The average molecular weight is 402 g/mol. The third-order valence-electron chi connectivity index (χ3n) is 4.39. The molecule has 0 atom stereocenters. The van der Waals surface area contributed by atoms with Crippen molar-refractivity contribution in [2.75, 3.05) is 13.2 Å². The van der Waals surface area contributed by atoms with Crippen molar-refractivity contribution in [1.29, 1.82) is 0 Å². The number of carbonyl (C=O) groups is 1. The first-order valence-corrected chi connectivity index (χ1v) is 9.82. The van der Waals surface area contributed by atoms with Crippen molar-refractivity contribution < 1.29 is 9.18 Å². The molecule has 2 aromatic carbocycles. The fraction of sp³-hybridized carbons (Fsp3) is 0.200. The summed E-state index contributed by atoms with van der Waals surface area (Å²) in [7, 11) is 0. The van der Waals surface area contributed by atoms with E-state index < -0.39 is 6.67 Å². The number of hydrogen-bond donors (Lipinski definition) is 1. The van der Waals surface area contributed by atoms with Crippen LogP contribution in [-0.2, 0) is 13.0 Å². The van der Waals surface area contributed by atoms with Gasteiger partial charge in [-0.25, -0.2) is 4.39 Å². The normalized spacial score (nSPS) is 13.3. The minimum absolute atomic E-state index is 0.0403. The Hall–Kier alpha value is -2.31. The maximum Gasteiger partial charge on any atom is 0.251 e. The van der Waals surface area contributed by atoms with E-state index in [0.717, 1.165) is 33.0 Å². The zero-order valence-electron chi connectivity index (χ0n) is 14.4. The van der Waals surface area contributed by atoms with Crippen LogP contribution >= 0.6 is 23.4 Å². The molecule has 1 N–H and O–H groups in total. The minimum Gasteiger partial charge on any atom is -0.352 e. The van der Waals surface area contributed by atoms with Crippen molar-refractivity contribution in [2.45, 2.75) is 22.8 Å². The van der Waals surface area contributed by atoms with Gasteiger partial charge in [-0.2, -0.15) is 5.10 Å². The molecule has 0 bridgehead atoms. The Morgan fingerprint density at radius 3 is 2.81 bits per heavy atom. The molecule has 4 nitrogen and oxygen atoms in total. The summed E-state index contributed by atoms with van der Waals surface area (Å²) in [5, 5.41) is 8.11. The summed E-state index contributed by atoms with van der Waals surface area (Å²) < 4.78 is 14.5. The Bertz CT molecular complexity index is 987. The largest absolute Gasteiger partial charge is 0.352 e. The summed E-state index contributed by atoms with van der Waals surface area (Å²) in [6.45, 7) is 0.371. The number of rotatable bonds is 5. The number of amides is 1. The summed E-state index contributed by atoms with van der Waals surface area (Å²) in [6.07, 6.45) is 2.65. The van der Waals surface area contributed by atoms with E-state index in [9.17, 15) is 9.18 Å². The van der Waals surface area contributed by atoms with E-state index >= 15 is 0 Å². The Kier molecular flexibility index (Phi) is 5.18. The average Bonchev–Trinajstić information content (AvgIpc) is 3.06. The molecule has 0 fully saturated rings. The lowest BCUT2D eigenvalue weighted by atomic mass is 9.97. The second-order valence-electron chi connectivity index (χ2n) is 6.23. The van der Waals surface area contributed by atoms with Crippen LogP contribution in [-0.4, -0.2) is 28.9 Å². The molecule has 0 aliphatic carbocycles. The molecule has 0 saturated carbocycles. The fourth-order valence-corrected chi connectivity index (χ4v) is 4.17. The molecule has 0 radical (unpaired) electrons. The van der Waals surface area contributed by atoms with E-state index in [2.05, 4.69) is 10.4 Å². The molecule has 27 heavy (non-hydrogen) atoms. The SMILES string of the molecule is O=C1NCCc2cc(-c3nn(CCF)cc3Sc3ccc(Cl)cc3)ccc21. The highest BCUT2D eigenvalue weighted by Gasteiger charge is 2.19. The molecular weight excluding hydrogens is 385 g/mol. The van der Waals surface area contributed by atoms with Gasteiger partial charge in [0.25, 0.3) is 5.91 Å². The van der Waals surface area contributed by atoms with Crippen LogP contribution in [0.4, 0.5) is 4.39 Å². The molecule has 7 heteroatoms. The Labute approximate surface area is 165 Å². The number of hydrogen-bond acceptors (Lipinski definition) is 3. The highest BCUT2D eigenvalue weighted by molar-refractivity contribution is 7.99. The molecular formula is C20H17ClFN3OS. The first-order chi connectivity index (χ1) is 13.1. The maximum atomic E-state index is 12.8. The van der Waals surface area contributed by atoms with Crippen LogP contribution in [0.15, 0.2) is 58.5 Å². The third kappa shape index (κ3) is 3.87. The van der Waals surface area contributed by atoms with Crippen LogP contribution in [0.1, 0.15) is 15.9 Å². The number of aromatic nitrogens is 2.